The van der Waals surface area contributed by atoms with Gasteiger partial charge in [-0.25, -0.2) is 4.98 Å². The van der Waals surface area contributed by atoms with E-state index in [-0.39, 0.29) is 42.7 Å². The molecule has 0 saturated carbocycles. The molecule has 0 radical (unpaired) electrons. The summed E-state index contributed by atoms with van der Waals surface area (Å²) in [5.74, 6) is 2.00. The molecule has 0 aliphatic carbocycles. The van der Waals surface area contributed by atoms with Gasteiger partial charge in [0.25, 0.3) is 6.33 Å². The number of imidazole rings is 1. The van der Waals surface area contributed by atoms with Gasteiger partial charge in [-0.05, 0) is 85.8 Å². The number of hydrogen-bond donors (Lipinski definition) is 0. The van der Waals surface area contributed by atoms with Crippen molar-refractivity contribution in [2.24, 2.45) is 0 Å². The maximum Gasteiger partial charge on any atom is 0.267 e. The first-order chi connectivity index (χ1) is 32.6. The summed E-state index contributed by atoms with van der Waals surface area (Å²) in [5.41, 5.74) is 11.7. The van der Waals surface area contributed by atoms with Gasteiger partial charge in [-0.15, -0.1) is 29.7 Å². The van der Waals surface area contributed by atoms with Crippen molar-refractivity contribution >= 4 is 21.8 Å². The molecule has 0 unspecified atom stereocenters. The van der Waals surface area contributed by atoms with Crippen molar-refractivity contribution in [3.8, 4) is 28.7 Å². The third-order valence-electron chi connectivity index (χ3n) is 14.2. The molecule has 3 heterocycles. The number of hydrogen-bond acceptors (Lipinski definition) is 2. The Labute approximate surface area is 422 Å². The van der Waals surface area contributed by atoms with Gasteiger partial charge in [-0.3, -0.25) is 4.57 Å². The molecule has 0 spiro atoms. The van der Waals surface area contributed by atoms with Gasteiger partial charge < -0.3 is 13.9 Å². The summed E-state index contributed by atoms with van der Waals surface area (Å²) < 4.78 is 12.9. The molecule has 348 valence electrons. The standard InChI is InChI=1S/C63H58N4O.Pt/c1-60(2,3)47-28-31-57-56(39-47)55-30-29-54(42-58(55)67(57)59-40-48(32-33-64-59)61(4,5)44-20-13-10-14-21-44)68-53-27-19-26-51(41-53)65-34-35-66(43-65)52-37-49(62(6,7)45-22-15-11-16-23-45)36-50(38-52)63(8,9)46-24-17-12-18-25-46;/h10-40H,1-9H3;/q-2;. The van der Waals surface area contributed by atoms with Crippen molar-refractivity contribution in [1.82, 2.24) is 14.1 Å². The number of rotatable bonds is 11. The minimum Gasteiger partial charge on any atom is -0.510 e. The van der Waals surface area contributed by atoms with E-state index in [4.69, 9.17) is 9.72 Å². The summed E-state index contributed by atoms with van der Waals surface area (Å²) in [7, 11) is 0. The molecule has 0 atom stereocenters. The summed E-state index contributed by atoms with van der Waals surface area (Å²) in [5, 5.41) is 2.24. The SMILES string of the molecule is CC(C)(C)c1ccc2c(c1)c1ccc(Oc3[c-]c(-n4[c-][n+](-c5cc(C(C)(C)c6ccccc6)cc(C(C)(C)c6ccccc6)c5)cc4)ccc3)[c-]c1n2-c1cc(C(C)(C)c2ccccc2)ccn1.[Pt]. The topological polar surface area (TPSA) is 35.9 Å². The molecule has 0 fully saturated rings. The fourth-order valence-corrected chi connectivity index (χ4v) is 9.50. The molecule has 10 rings (SSSR count). The van der Waals surface area contributed by atoms with Crippen molar-refractivity contribution < 1.29 is 30.4 Å². The number of fused-ring (bicyclic) bond motifs is 3. The van der Waals surface area contributed by atoms with E-state index in [1.165, 1.54) is 38.9 Å². The maximum absolute atomic E-state index is 6.65. The maximum atomic E-state index is 6.65. The zero-order chi connectivity index (χ0) is 47.4. The molecule has 0 aliphatic rings. The van der Waals surface area contributed by atoms with Crippen molar-refractivity contribution in [1.29, 1.82) is 0 Å². The Kier molecular flexibility index (Phi) is 12.5. The average molecular weight is 1080 g/mol. The molecular formula is C63H58N4OPt-2. The van der Waals surface area contributed by atoms with Crippen LogP contribution >= 0.6 is 0 Å². The average Bonchev–Trinajstić information content (AvgIpc) is 3.98. The summed E-state index contributed by atoms with van der Waals surface area (Å²) in [6.07, 6.45) is 9.61. The Hall–Kier alpha value is -6.81. The van der Waals surface area contributed by atoms with Crippen molar-refractivity contribution in [3.63, 3.8) is 0 Å². The summed E-state index contributed by atoms with van der Waals surface area (Å²) in [6.45, 7) is 20.5. The normalized spacial score (nSPS) is 12.3. The minimum atomic E-state index is -0.245. The molecular weight excluding hydrogens is 1020 g/mol. The van der Waals surface area contributed by atoms with E-state index >= 15 is 0 Å². The van der Waals surface area contributed by atoms with Crippen LogP contribution in [0.5, 0.6) is 11.5 Å². The summed E-state index contributed by atoms with van der Waals surface area (Å²) >= 11 is 0. The fourth-order valence-electron chi connectivity index (χ4n) is 9.50. The summed E-state index contributed by atoms with van der Waals surface area (Å²) in [4.78, 5) is 4.99. The van der Waals surface area contributed by atoms with E-state index < -0.39 is 0 Å². The molecule has 0 bridgehead atoms. The van der Waals surface area contributed by atoms with Gasteiger partial charge >= 0.3 is 0 Å². The first-order valence-electron chi connectivity index (χ1n) is 23.6. The second kappa shape index (κ2) is 18.3. The van der Waals surface area contributed by atoms with E-state index in [2.05, 4.69) is 242 Å². The van der Waals surface area contributed by atoms with Crippen molar-refractivity contribution in [2.75, 3.05) is 0 Å². The second-order valence-electron chi connectivity index (χ2n) is 20.7. The number of ether oxygens (including phenoxy) is 1. The molecule has 5 nitrogen and oxygen atoms in total. The molecule has 0 aliphatic heterocycles. The van der Waals surface area contributed by atoms with Gasteiger partial charge in [-0.2, -0.15) is 18.2 Å². The zero-order valence-corrected chi connectivity index (χ0v) is 43.2. The number of pyridine rings is 1. The quantitative estimate of drug-likeness (QED) is 0.0956. The van der Waals surface area contributed by atoms with Crippen LogP contribution in [0.15, 0.2) is 188 Å². The van der Waals surface area contributed by atoms with Gasteiger partial charge in [0.2, 0.25) is 0 Å². The molecule has 0 N–H and O–H groups in total. The van der Waals surface area contributed by atoms with Crippen LogP contribution in [0, 0.1) is 18.5 Å². The van der Waals surface area contributed by atoms with Crippen LogP contribution in [-0.2, 0) is 42.7 Å². The summed E-state index contributed by atoms with van der Waals surface area (Å²) in [6, 6.07) is 67.6. The molecule has 0 saturated heterocycles. The van der Waals surface area contributed by atoms with Gasteiger partial charge in [0.15, 0.2) is 0 Å². The number of aromatic nitrogens is 4. The van der Waals surface area contributed by atoms with Gasteiger partial charge in [0.1, 0.15) is 5.82 Å². The zero-order valence-electron chi connectivity index (χ0n) is 40.9. The minimum absolute atomic E-state index is 0. The molecule has 10 aromatic rings. The smallest absolute Gasteiger partial charge is 0.267 e. The largest absolute Gasteiger partial charge is 0.510 e. The molecule has 6 heteroatoms. The molecule has 3 aromatic heterocycles. The Balaban J connectivity index is 0.00000593. The third-order valence-corrected chi connectivity index (χ3v) is 14.2. The fraction of sp³-hybridized carbons (Fsp3) is 0.206. The van der Waals surface area contributed by atoms with E-state index in [1.54, 1.807) is 0 Å². The van der Waals surface area contributed by atoms with Crippen LogP contribution in [0.2, 0.25) is 0 Å². The van der Waals surface area contributed by atoms with Gasteiger partial charge in [-0.1, -0.05) is 177 Å². The van der Waals surface area contributed by atoms with Crippen molar-refractivity contribution in [3.05, 3.63) is 246 Å². The molecule has 69 heavy (non-hydrogen) atoms. The van der Waals surface area contributed by atoms with E-state index in [1.807, 2.05) is 41.2 Å². The molecule has 0 amide bonds. The van der Waals surface area contributed by atoms with Crippen LogP contribution in [0.4, 0.5) is 0 Å². The van der Waals surface area contributed by atoms with E-state index in [0.29, 0.717) is 11.5 Å². The number of nitrogens with zero attached hydrogens (tertiary/aromatic N) is 4. The van der Waals surface area contributed by atoms with Crippen LogP contribution in [0.3, 0.4) is 0 Å². The third kappa shape index (κ3) is 9.02. The van der Waals surface area contributed by atoms with Gasteiger partial charge in [0.05, 0.1) is 5.69 Å². The first kappa shape index (κ1) is 47.3. The Bertz CT molecular complexity index is 3360. The van der Waals surface area contributed by atoms with E-state index in [9.17, 15) is 0 Å². The predicted molar refractivity (Wildman–Crippen MR) is 277 cm³/mol. The monoisotopic (exact) mass is 1080 g/mol. The predicted octanol–water partition coefficient (Wildman–Crippen LogP) is 14.7. The van der Waals surface area contributed by atoms with Crippen LogP contribution in [0.25, 0.3) is 39.0 Å². The Morgan fingerprint density at radius 3 is 1.67 bits per heavy atom. The Morgan fingerprint density at radius 1 is 0.493 bits per heavy atom. The molecule has 7 aromatic carbocycles. The number of benzene rings is 7. The van der Waals surface area contributed by atoms with Gasteiger partial charge in [0, 0.05) is 72.9 Å². The van der Waals surface area contributed by atoms with Crippen molar-refractivity contribution in [2.45, 2.75) is 84.0 Å². The first-order valence-corrected chi connectivity index (χ1v) is 23.6. The Morgan fingerprint density at radius 2 is 1.07 bits per heavy atom. The van der Waals surface area contributed by atoms with E-state index in [0.717, 1.165) is 39.0 Å². The second-order valence-corrected chi connectivity index (χ2v) is 20.7. The van der Waals surface area contributed by atoms with Crippen LogP contribution < -0.4 is 9.30 Å². The van der Waals surface area contributed by atoms with Crippen LogP contribution in [-0.4, -0.2) is 14.1 Å². The van der Waals surface area contributed by atoms with Crippen LogP contribution in [0.1, 0.15) is 101 Å².